The van der Waals surface area contributed by atoms with Crippen LogP contribution in [0.4, 0.5) is 11.4 Å². The molecule has 0 amide bonds. The van der Waals surface area contributed by atoms with Crippen molar-refractivity contribution in [1.82, 2.24) is 0 Å². The molecule has 0 aliphatic carbocycles. The van der Waals surface area contributed by atoms with Crippen LogP contribution < -0.4 is 20.9 Å². The summed E-state index contributed by atoms with van der Waals surface area (Å²) in [5.41, 5.74) is 17.5. The molecule has 0 bridgehead atoms. The van der Waals surface area contributed by atoms with E-state index in [1.165, 1.54) is 12.1 Å². The van der Waals surface area contributed by atoms with Crippen LogP contribution in [-0.4, -0.2) is 10.2 Å². The van der Waals surface area contributed by atoms with Crippen molar-refractivity contribution in [2.24, 2.45) is 0 Å². The van der Waals surface area contributed by atoms with E-state index in [1.54, 1.807) is 24.3 Å². The van der Waals surface area contributed by atoms with Crippen molar-refractivity contribution >= 4 is 22.1 Å². The summed E-state index contributed by atoms with van der Waals surface area (Å²) in [6.45, 7) is 0. The lowest BCUT2D eigenvalue weighted by molar-refractivity contribution is 0.455. The van der Waals surface area contributed by atoms with Crippen molar-refractivity contribution in [2.45, 2.75) is 0 Å². The Morgan fingerprint density at radius 2 is 0.633 bits per heavy atom. The van der Waals surface area contributed by atoms with E-state index < -0.39 is 0 Å². The summed E-state index contributed by atoms with van der Waals surface area (Å²) < 4.78 is 13.3. The number of anilines is 2. The van der Waals surface area contributed by atoms with Gasteiger partial charge in [0.25, 0.3) is 0 Å². The maximum absolute atomic E-state index is 10.6. The number of rotatable bonds is 4. The number of phenols is 2. The second kappa shape index (κ2) is 17.5. The molecule has 8 rings (SSSR count). The topological polar surface area (TPSA) is 111 Å². The van der Waals surface area contributed by atoms with Crippen molar-refractivity contribution in [1.29, 1.82) is 0 Å². The molecule has 0 heterocycles. The van der Waals surface area contributed by atoms with Crippen molar-refractivity contribution in [3.05, 3.63) is 214 Å². The zero-order valence-electron chi connectivity index (χ0n) is 32.0. The number of nitrogen functional groups attached to an aromatic ring is 2. The zero-order chi connectivity index (χ0) is 41.3. The Balaban J connectivity index is 1.51. The third-order valence-electron chi connectivity index (χ3n) is 9.25. The number of nitrogens with two attached hydrogens (primary N) is 2. The molecule has 6 N–H and O–H groups in total. The quantitative estimate of drug-likeness (QED) is 0.0805. The highest BCUT2D eigenvalue weighted by Gasteiger charge is 2.21. The lowest BCUT2D eigenvalue weighted by Gasteiger charge is -2.17. The van der Waals surface area contributed by atoms with Crippen LogP contribution in [0.1, 0.15) is 44.5 Å². The highest BCUT2D eigenvalue weighted by molar-refractivity contribution is 6.00. The molecule has 0 aliphatic heterocycles. The number of aromatic hydroxyl groups is 2. The first-order chi connectivity index (χ1) is 29.4. The average Bonchev–Trinajstić information content (AvgIpc) is 3.28. The van der Waals surface area contributed by atoms with E-state index in [0.29, 0.717) is 56.0 Å². The Morgan fingerprint density at radius 3 is 0.933 bits per heavy atom. The molecule has 0 saturated carbocycles. The average molecular weight is 775 g/mol. The van der Waals surface area contributed by atoms with E-state index in [9.17, 15) is 10.2 Å². The van der Waals surface area contributed by atoms with E-state index in [-0.39, 0.29) is 22.9 Å². The smallest absolute Gasteiger partial charge is 0.145 e. The van der Waals surface area contributed by atoms with Crippen LogP contribution in [0.5, 0.6) is 34.5 Å². The summed E-state index contributed by atoms with van der Waals surface area (Å²) in [4.78, 5) is 0. The normalized spacial score (nSPS) is 10.1. The van der Waals surface area contributed by atoms with Crippen molar-refractivity contribution in [3.63, 3.8) is 0 Å². The first kappa shape index (κ1) is 38.0. The Bertz CT molecular complexity index is 2920. The van der Waals surface area contributed by atoms with Gasteiger partial charge in [-0.3, -0.25) is 0 Å². The van der Waals surface area contributed by atoms with Crippen molar-refractivity contribution in [2.75, 3.05) is 11.5 Å². The van der Waals surface area contributed by atoms with Gasteiger partial charge in [-0.25, -0.2) is 0 Å². The molecule has 284 valence electrons. The minimum absolute atomic E-state index is 0.127. The summed E-state index contributed by atoms with van der Waals surface area (Å²) in [5.74, 6) is 28.0. The standard InChI is InChI=1S/C54H34N2O4/c55-49-31-25-41(33-51(49)57)59-53-36-48-44(28-22-38-15-7-2-8-16-38)46(30-24-40-19-11-4-12-20-40)54(60-42-26-32-50(56)52(58)34-42)35-47(48)43(27-21-37-13-5-1-6-14-37)45(53)29-23-39-17-9-3-10-18-39/h1-20,25-26,31-36,57-58H,55-56H2. The Morgan fingerprint density at radius 1 is 0.333 bits per heavy atom. The second-order valence-corrected chi connectivity index (χ2v) is 13.5. The molecule has 0 spiro atoms. The van der Waals surface area contributed by atoms with Gasteiger partial charge >= 0.3 is 0 Å². The highest BCUT2D eigenvalue weighted by atomic mass is 16.5. The molecule has 6 nitrogen and oxygen atoms in total. The molecular formula is C54H34N2O4. The van der Waals surface area contributed by atoms with Gasteiger partial charge in [-0.2, -0.15) is 0 Å². The number of hydrogen-bond acceptors (Lipinski definition) is 6. The minimum atomic E-state index is -0.127. The van der Waals surface area contributed by atoms with E-state index in [0.717, 1.165) is 22.3 Å². The van der Waals surface area contributed by atoms with Gasteiger partial charge in [0.2, 0.25) is 0 Å². The Kier molecular flexibility index (Phi) is 11.0. The molecular weight excluding hydrogens is 741 g/mol. The second-order valence-electron chi connectivity index (χ2n) is 13.5. The molecule has 0 radical (unpaired) electrons. The van der Waals surface area contributed by atoms with Crippen LogP contribution in [0.15, 0.2) is 170 Å². The summed E-state index contributed by atoms with van der Waals surface area (Å²) >= 11 is 0. The van der Waals surface area contributed by atoms with Gasteiger partial charge in [0.05, 0.1) is 33.6 Å². The van der Waals surface area contributed by atoms with Crippen molar-refractivity contribution in [3.8, 4) is 81.9 Å². The molecule has 60 heavy (non-hydrogen) atoms. The molecule has 0 fully saturated rings. The van der Waals surface area contributed by atoms with E-state index >= 15 is 0 Å². The van der Waals surface area contributed by atoms with Crippen LogP contribution in [0.25, 0.3) is 10.8 Å². The molecule has 0 aromatic heterocycles. The molecule has 0 saturated heterocycles. The van der Waals surface area contributed by atoms with Gasteiger partial charge < -0.3 is 31.2 Å². The molecule has 0 atom stereocenters. The molecule has 0 unspecified atom stereocenters. The first-order valence-electron chi connectivity index (χ1n) is 18.9. The molecule has 8 aromatic carbocycles. The molecule has 0 aliphatic rings. The van der Waals surface area contributed by atoms with Crippen LogP contribution in [0, 0.1) is 47.4 Å². The largest absolute Gasteiger partial charge is 0.506 e. The number of ether oxygens (including phenoxy) is 2. The molecule has 6 heteroatoms. The number of benzene rings is 8. The van der Waals surface area contributed by atoms with Crippen molar-refractivity contribution < 1.29 is 19.7 Å². The van der Waals surface area contributed by atoms with Crippen LogP contribution in [0.3, 0.4) is 0 Å². The van der Waals surface area contributed by atoms with Crippen LogP contribution >= 0.6 is 0 Å². The van der Waals surface area contributed by atoms with Gasteiger partial charge in [0, 0.05) is 45.2 Å². The van der Waals surface area contributed by atoms with Gasteiger partial charge in [-0.15, -0.1) is 0 Å². The fraction of sp³-hybridized carbons (Fsp3) is 0. The third kappa shape index (κ3) is 8.86. The van der Waals surface area contributed by atoms with Crippen LogP contribution in [-0.2, 0) is 0 Å². The highest BCUT2D eigenvalue weighted by Crippen LogP contribution is 2.41. The zero-order valence-corrected chi connectivity index (χ0v) is 32.0. The number of hydrogen-bond donors (Lipinski definition) is 4. The first-order valence-corrected chi connectivity index (χ1v) is 18.9. The van der Waals surface area contributed by atoms with E-state index in [2.05, 4.69) is 47.4 Å². The SMILES string of the molecule is Nc1ccc(Oc2cc3c(C#Cc4ccccc4)c(C#Cc4ccccc4)c(Oc4ccc(N)c(O)c4)cc3c(C#Cc3ccccc3)c2C#Cc2ccccc2)cc1O. The lowest BCUT2D eigenvalue weighted by atomic mass is 9.91. The van der Waals surface area contributed by atoms with Gasteiger partial charge in [-0.05, 0) is 84.9 Å². The summed E-state index contributed by atoms with van der Waals surface area (Å²) in [6.07, 6.45) is 0. The molecule has 8 aromatic rings. The minimum Gasteiger partial charge on any atom is -0.506 e. The number of phenolic OH excluding ortho intramolecular Hbond substituents is 2. The predicted octanol–water partition coefficient (Wildman–Crippen LogP) is 10.6. The lowest BCUT2D eigenvalue weighted by Crippen LogP contribution is -2.00. The van der Waals surface area contributed by atoms with E-state index in [1.807, 2.05) is 133 Å². The van der Waals surface area contributed by atoms with Gasteiger partial charge in [0.15, 0.2) is 0 Å². The van der Waals surface area contributed by atoms with Crippen LogP contribution in [0.2, 0.25) is 0 Å². The maximum atomic E-state index is 10.6. The Hall–Kier alpha value is -8.94. The Labute approximate surface area is 348 Å². The summed E-state index contributed by atoms with van der Waals surface area (Å²) in [7, 11) is 0. The summed E-state index contributed by atoms with van der Waals surface area (Å²) in [6, 6.07) is 51.6. The maximum Gasteiger partial charge on any atom is 0.145 e. The van der Waals surface area contributed by atoms with Gasteiger partial charge in [-0.1, -0.05) is 120 Å². The fourth-order valence-electron chi connectivity index (χ4n) is 6.21. The van der Waals surface area contributed by atoms with E-state index in [4.69, 9.17) is 20.9 Å². The third-order valence-corrected chi connectivity index (χ3v) is 9.25. The summed E-state index contributed by atoms with van der Waals surface area (Å²) in [5, 5.41) is 22.5. The fourth-order valence-corrected chi connectivity index (χ4v) is 6.21. The number of fused-ring (bicyclic) bond motifs is 1. The van der Waals surface area contributed by atoms with Gasteiger partial charge in [0.1, 0.15) is 34.5 Å². The predicted molar refractivity (Wildman–Crippen MR) is 239 cm³/mol. The monoisotopic (exact) mass is 774 g/mol.